The first-order chi connectivity index (χ1) is 16.9. The van der Waals surface area contributed by atoms with Gasteiger partial charge in [-0.2, -0.15) is 15.1 Å². The van der Waals surface area contributed by atoms with Crippen molar-refractivity contribution in [2.24, 2.45) is 10.1 Å². The number of halogens is 2. The van der Waals surface area contributed by atoms with Crippen LogP contribution in [0, 0.1) is 5.41 Å². The van der Waals surface area contributed by atoms with Gasteiger partial charge in [-0.05, 0) is 89.1 Å². The molecule has 0 saturated heterocycles. The lowest BCUT2D eigenvalue weighted by molar-refractivity contribution is -0.114. The van der Waals surface area contributed by atoms with Crippen molar-refractivity contribution in [3.63, 3.8) is 0 Å². The van der Waals surface area contributed by atoms with Gasteiger partial charge in [-0.1, -0.05) is 22.9 Å². The largest absolute Gasteiger partial charge is 0.490 e. The Morgan fingerprint density at radius 1 is 1.09 bits per heavy atom. The summed E-state index contributed by atoms with van der Waals surface area (Å²) in [5, 5.41) is 15.5. The SMILES string of the molecule is CCOc1cc(/C=C2/C(=N)N3N=C(CC)SC3=NC2=O)cc(Br)c1OCCOc1ccc(Br)cc1. The van der Waals surface area contributed by atoms with E-state index in [-0.39, 0.29) is 11.4 Å². The molecule has 1 amide bonds. The Kier molecular flexibility index (Phi) is 8.30. The molecule has 4 rings (SSSR count). The molecule has 0 radical (unpaired) electrons. The molecule has 0 aliphatic carbocycles. The van der Waals surface area contributed by atoms with Gasteiger partial charge in [0, 0.05) is 4.47 Å². The molecule has 2 aromatic carbocycles. The van der Waals surface area contributed by atoms with Gasteiger partial charge < -0.3 is 14.2 Å². The lowest BCUT2D eigenvalue weighted by Crippen LogP contribution is -2.35. The fourth-order valence-electron chi connectivity index (χ4n) is 3.25. The lowest BCUT2D eigenvalue weighted by Gasteiger charge is -2.20. The van der Waals surface area contributed by atoms with E-state index in [1.54, 1.807) is 18.2 Å². The quantitative estimate of drug-likeness (QED) is 0.269. The number of hydrazone groups is 1. The van der Waals surface area contributed by atoms with Crippen LogP contribution in [0.4, 0.5) is 0 Å². The highest BCUT2D eigenvalue weighted by Gasteiger charge is 2.35. The minimum atomic E-state index is -0.471. The van der Waals surface area contributed by atoms with Crippen LogP contribution < -0.4 is 14.2 Å². The zero-order chi connectivity index (χ0) is 24.9. The zero-order valence-electron chi connectivity index (χ0n) is 19.0. The van der Waals surface area contributed by atoms with E-state index < -0.39 is 5.91 Å². The molecule has 1 N–H and O–H groups in total. The van der Waals surface area contributed by atoms with Gasteiger partial charge in [0.2, 0.25) is 5.17 Å². The zero-order valence-corrected chi connectivity index (χ0v) is 23.0. The monoisotopic (exact) mass is 620 g/mol. The van der Waals surface area contributed by atoms with Gasteiger partial charge in [0.05, 0.1) is 16.7 Å². The Labute approximate surface area is 224 Å². The maximum atomic E-state index is 12.6. The number of nitrogens with zero attached hydrogens (tertiary/aromatic N) is 3. The molecule has 182 valence electrons. The number of amidine groups is 2. The molecular weight excluding hydrogens is 600 g/mol. The minimum absolute atomic E-state index is 0.00421. The third-order valence-corrected chi connectivity index (χ3v) is 7.02. The normalized spacial score (nSPS) is 16.2. The second kappa shape index (κ2) is 11.4. The molecule has 0 fully saturated rings. The van der Waals surface area contributed by atoms with Crippen LogP contribution in [0.2, 0.25) is 0 Å². The van der Waals surface area contributed by atoms with Crippen LogP contribution in [0.1, 0.15) is 25.8 Å². The van der Waals surface area contributed by atoms with Gasteiger partial charge in [-0.3, -0.25) is 10.2 Å². The summed E-state index contributed by atoms with van der Waals surface area (Å²) >= 11 is 8.26. The number of aliphatic imine (C=N–C) groups is 1. The molecule has 0 aromatic heterocycles. The summed E-state index contributed by atoms with van der Waals surface area (Å²) in [5.41, 5.74) is 0.818. The average Bonchev–Trinajstić information content (AvgIpc) is 3.25. The van der Waals surface area contributed by atoms with Crippen LogP contribution in [0.25, 0.3) is 6.08 Å². The summed E-state index contributed by atoms with van der Waals surface area (Å²) in [6.07, 6.45) is 2.32. The second-order valence-corrected chi connectivity index (χ2v) is 10.1. The Morgan fingerprint density at radius 2 is 1.83 bits per heavy atom. The van der Waals surface area contributed by atoms with E-state index in [2.05, 4.69) is 42.0 Å². The fraction of sp³-hybridized carbons (Fsp3) is 0.250. The van der Waals surface area contributed by atoms with Crippen LogP contribution in [-0.2, 0) is 4.79 Å². The number of hydrogen-bond donors (Lipinski definition) is 1. The molecule has 0 saturated carbocycles. The van der Waals surface area contributed by atoms with Gasteiger partial charge in [-0.15, -0.1) is 0 Å². The summed E-state index contributed by atoms with van der Waals surface area (Å²) in [6, 6.07) is 11.1. The Balaban J connectivity index is 1.51. The average molecular weight is 622 g/mol. The van der Waals surface area contributed by atoms with Crippen molar-refractivity contribution in [3.05, 3.63) is 56.5 Å². The summed E-state index contributed by atoms with van der Waals surface area (Å²) < 4.78 is 19.1. The van der Waals surface area contributed by atoms with E-state index >= 15 is 0 Å². The van der Waals surface area contributed by atoms with Gasteiger partial charge in [0.15, 0.2) is 17.3 Å². The molecule has 8 nitrogen and oxygen atoms in total. The third kappa shape index (κ3) is 5.96. The van der Waals surface area contributed by atoms with Gasteiger partial charge >= 0.3 is 0 Å². The van der Waals surface area contributed by atoms with E-state index in [0.29, 0.717) is 52.9 Å². The summed E-state index contributed by atoms with van der Waals surface area (Å²) in [6.45, 7) is 4.94. The summed E-state index contributed by atoms with van der Waals surface area (Å²) in [4.78, 5) is 16.8. The van der Waals surface area contributed by atoms with E-state index in [9.17, 15) is 4.79 Å². The first kappa shape index (κ1) is 25.5. The third-order valence-electron chi connectivity index (χ3n) is 4.85. The summed E-state index contributed by atoms with van der Waals surface area (Å²) in [5.74, 6) is 1.32. The van der Waals surface area contributed by atoms with Gasteiger partial charge in [0.25, 0.3) is 5.91 Å². The number of benzene rings is 2. The fourth-order valence-corrected chi connectivity index (χ4v) is 4.91. The first-order valence-electron chi connectivity index (χ1n) is 10.9. The Hall–Kier alpha value is -2.63. The molecule has 35 heavy (non-hydrogen) atoms. The van der Waals surface area contributed by atoms with Crippen LogP contribution in [0.15, 0.2) is 61.0 Å². The number of carbonyl (C=O) groups excluding carboxylic acids is 1. The van der Waals surface area contributed by atoms with Crippen LogP contribution in [0.5, 0.6) is 17.2 Å². The molecule has 11 heteroatoms. The molecule has 0 bridgehead atoms. The van der Waals surface area contributed by atoms with Crippen molar-refractivity contribution >= 4 is 71.7 Å². The topological polar surface area (TPSA) is 96.6 Å². The number of thioether (sulfide) groups is 1. The number of amides is 1. The van der Waals surface area contributed by atoms with Crippen LogP contribution >= 0.6 is 43.6 Å². The molecule has 2 aliphatic rings. The Morgan fingerprint density at radius 3 is 2.54 bits per heavy atom. The predicted molar refractivity (Wildman–Crippen MR) is 146 cm³/mol. The van der Waals surface area contributed by atoms with E-state index in [1.807, 2.05) is 38.1 Å². The first-order valence-corrected chi connectivity index (χ1v) is 13.3. The predicted octanol–water partition coefficient (Wildman–Crippen LogP) is 6.10. The number of carbonyl (C=O) groups is 1. The lowest BCUT2D eigenvalue weighted by atomic mass is 10.1. The Bertz CT molecular complexity index is 1240. The number of nitrogens with one attached hydrogen (secondary N) is 1. The van der Waals surface area contributed by atoms with Crippen molar-refractivity contribution < 1.29 is 19.0 Å². The van der Waals surface area contributed by atoms with Crippen LogP contribution in [-0.4, -0.2) is 46.8 Å². The van der Waals surface area contributed by atoms with E-state index in [1.165, 1.54) is 16.8 Å². The molecule has 2 heterocycles. The number of fused-ring (bicyclic) bond motifs is 1. The molecule has 0 unspecified atom stereocenters. The molecule has 0 spiro atoms. The van der Waals surface area contributed by atoms with Crippen molar-refractivity contribution in [2.45, 2.75) is 20.3 Å². The highest BCUT2D eigenvalue weighted by molar-refractivity contribution is 9.10. The molecule has 0 atom stereocenters. The van der Waals surface area contributed by atoms with E-state index in [0.717, 1.165) is 15.3 Å². The van der Waals surface area contributed by atoms with Gasteiger partial charge in [0.1, 0.15) is 24.0 Å². The smallest absolute Gasteiger partial charge is 0.283 e. The van der Waals surface area contributed by atoms with Crippen molar-refractivity contribution in [3.8, 4) is 17.2 Å². The second-order valence-electron chi connectivity index (χ2n) is 7.28. The van der Waals surface area contributed by atoms with Crippen molar-refractivity contribution in [1.82, 2.24) is 5.01 Å². The molecule has 2 aromatic rings. The standard InChI is InChI=1S/C24H22Br2N4O4S/c1-3-20-29-30-22(27)17(23(31)28-24(30)35-20)11-14-12-18(26)21(19(13-14)32-4-2)34-10-9-33-16-7-5-15(25)6-8-16/h5-8,11-13,27H,3-4,9-10H2,1-2H3/b17-11-,27-22?. The minimum Gasteiger partial charge on any atom is -0.490 e. The number of hydrogen-bond acceptors (Lipinski definition) is 7. The molecule has 2 aliphatic heterocycles. The van der Waals surface area contributed by atoms with Crippen molar-refractivity contribution in [2.75, 3.05) is 19.8 Å². The van der Waals surface area contributed by atoms with Crippen LogP contribution in [0.3, 0.4) is 0 Å². The number of rotatable bonds is 9. The van der Waals surface area contributed by atoms with Crippen molar-refractivity contribution in [1.29, 1.82) is 5.41 Å². The highest BCUT2D eigenvalue weighted by Crippen LogP contribution is 2.38. The highest BCUT2D eigenvalue weighted by atomic mass is 79.9. The van der Waals surface area contributed by atoms with Gasteiger partial charge in [-0.25, -0.2) is 0 Å². The van der Waals surface area contributed by atoms with E-state index in [4.69, 9.17) is 19.6 Å². The summed E-state index contributed by atoms with van der Waals surface area (Å²) in [7, 11) is 0. The maximum absolute atomic E-state index is 12.6. The molecular formula is C24H22Br2N4O4S. The maximum Gasteiger partial charge on any atom is 0.283 e. The number of ether oxygens (including phenoxy) is 3.